The standard InChI is InChI=1S/C8H11N2O/c1-6(2)11-8-5-3-4-7(9)10-8/h3-4,6H,1-2H3,(H2,9,10). The van der Waals surface area contributed by atoms with Crippen molar-refractivity contribution in [3.8, 4) is 5.88 Å². The van der Waals surface area contributed by atoms with Crippen LogP contribution in [0.4, 0.5) is 5.82 Å². The molecule has 0 unspecified atom stereocenters. The Morgan fingerprint density at radius 1 is 1.64 bits per heavy atom. The van der Waals surface area contributed by atoms with E-state index in [1.165, 1.54) is 0 Å². The Hall–Kier alpha value is -1.25. The third-order valence-electron chi connectivity index (χ3n) is 1.04. The van der Waals surface area contributed by atoms with E-state index in [4.69, 9.17) is 10.5 Å². The van der Waals surface area contributed by atoms with Crippen molar-refractivity contribution in [3.05, 3.63) is 18.2 Å². The molecule has 1 rings (SSSR count). The first-order valence-electron chi connectivity index (χ1n) is 3.49. The van der Waals surface area contributed by atoms with E-state index in [-0.39, 0.29) is 6.10 Å². The summed E-state index contributed by atoms with van der Waals surface area (Å²) in [5.74, 6) is 0.916. The van der Waals surface area contributed by atoms with Crippen molar-refractivity contribution >= 4 is 5.82 Å². The smallest absolute Gasteiger partial charge is 0.223 e. The van der Waals surface area contributed by atoms with Crippen molar-refractivity contribution in [2.24, 2.45) is 0 Å². The van der Waals surface area contributed by atoms with Crippen LogP contribution in [0.15, 0.2) is 12.1 Å². The predicted octanol–water partition coefficient (Wildman–Crippen LogP) is 1.25. The van der Waals surface area contributed by atoms with Crippen LogP contribution in [0.5, 0.6) is 5.88 Å². The van der Waals surface area contributed by atoms with Gasteiger partial charge in [0.2, 0.25) is 5.88 Å². The number of nitrogens with zero attached hydrogens (tertiary/aromatic N) is 1. The minimum Gasteiger partial charge on any atom is -0.474 e. The molecule has 1 aromatic heterocycles. The van der Waals surface area contributed by atoms with E-state index in [9.17, 15) is 0 Å². The zero-order valence-corrected chi connectivity index (χ0v) is 6.66. The minimum absolute atomic E-state index is 0.112. The molecule has 1 radical (unpaired) electrons. The maximum atomic E-state index is 5.42. The first-order chi connectivity index (χ1) is 5.18. The Balaban J connectivity index is 2.71. The second kappa shape index (κ2) is 3.23. The molecule has 0 spiro atoms. The number of pyridine rings is 1. The van der Waals surface area contributed by atoms with Gasteiger partial charge in [-0.05, 0) is 26.0 Å². The fourth-order valence-electron chi connectivity index (χ4n) is 0.669. The third-order valence-corrected chi connectivity index (χ3v) is 1.04. The molecule has 0 aliphatic carbocycles. The van der Waals surface area contributed by atoms with Gasteiger partial charge in [-0.25, -0.2) is 0 Å². The molecule has 0 fully saturated rings. The maximum Gasteiger partial charge on any atom is 0.223 e. The zero-order chi connectivity index (χ0) is 8.27. The van der Waals surface area contributed by atoms with Gasteiger partial charge in [-0.15, -0.1) is 0 Å². The van der Waals surface area contributed by atoms with E-state index in [0.717, 1.165) is 0 Å². The third kappa shape index (κ3) is 2.45. The highest BCUT2D eigenvalue weighted by Gasteiger charge is 1.97. The lowest BCUT2D eigenvalue weighted by atomic mass is 10.4. The zero-order valence-electron chi connectivity index (χ0n) is 6.66. The normalized spacial score (nSPS) is 10.1. The van der Waals surface area contributed by atoms with Crippen LogP contribution in [-0.2, 0) is 0 Å². The van der Waals surface area contributed by atoms with Crippen molar-refractivity contribution in [1.29, 1.82) is 0 Å². The molecule has 3 heteroatoms. The van der Waals surface area contributed by atoms with Crippen LogP contribution in [0.25, 0.3) is 0 Å². The molecule has 1 heterocycles. The SMILES string of the molecule is CC(C)Oc1[c]ccc(N)n1. The van der Waals surface area contributed by atoms with Crippen LogP contribution in [0.2, 0.25) is 0 Å². The number of hydrogen-bond donors (Lipinski definition) is 1. The second-order valence-corrected chi connectivity index (χ2v) is 2.49. The molecular weight excluding hydrogens is 140 g/mol. The molecule has 1 aromatic rings. The van der Waals surface area contributed by atoms with Gasteiger partial charge in [-0.2, -0.15) is 4.98 Å². The van der Waals surface area contributed by atoms with Crippen LogP contribution >= 0.6 is 0 Å². The van der Waals surface area contributed by atoms with Crippen LogP contribution in [0.1, 0.15) is 13.8 Å². The van der Waals surface area contributed by atoms with Crippen molar-refractivity contribution < 1.29 is 4.74 Å². The summed E-state index contributed by atoms with van der Waals surface area (Å²) in [5.41, 5.74) is 5.42. The highest BCUT2D eigenvalue weighted by Crippen LogP contribution is 2.08. The van der Waals surface area contributed by atoms with Gasteiger partial charge in [0, 0.05) is 6.07 Å². The van der Waals surface area contributed by atoms with Crippen molar-refractivity contribution in [3.63, 3.8) is 0 Å². The molecule has 0 saturated carbocycles. The van der Waals surface area contributed by atoms with E-state index in [0.29, 0.717) is 11.7 Å². The number of rotatable bonds is 2. The highest BCUT2D eigenvalue weighted by atomic mass is 16.5. The maximum absolute atomic E-state index is 5.42. The van der Waals surface area contributed by atoms with Gasteiger partial charge in [0.05, 0.1) is 6.10 Å². The molecule has 0 aliphatic rings. The summed E-state index contributed by atoms with van der Waals surface area (Å²) in [4.78, 5) is 3.91. The Morgan fingerprint density at radius 2 is 2.36 bits per heavy atom. The molecular formula is C8H11N2O. The van der Waals surface area contributed by atoms with Gasteiger partial charge >= 0.3 is 0 Å². The average Bonchev–Trinajstić information content (AvgIpc) is 1.85. The molecule has 0 aromatic carbocycles. The van der Waals surface area contributed by atoms with Crippen LogP contribution < -0.4 is 10.5 Å². The topological polar surface area (TPSA) is 48.1 Å². The average molecular weight is 151 g/mol. The molecule has 3 nitrogen and oxygen atoms in total. The molecule has 0 aliphatic heterocycles. The molecule has 0 bridgehead atoms. The predicted molar refractivity (Wildman–Crippen MR) is 43.2 cm³/mol. The number of nitrogens with two attached hydrogens (primary N) is 1. The van der Waals surface area contributed by atoms with Crippen LogP contribution in [0.3, 0.4) is 0 Å². The lowest BCUT2D eigenvalue weighted by Gasteiger charge is -2.07. The van der Waals surface area contributed by atoms with Crippen LogP contribution in [0, 0.1) is 6.07 Å². The first-order valence-corrected chi connectivity index (χ1v) is 3.49. The summed E-state index contributed by atoms with van der Waals surface area (Å²) in [6.07, 6.45) is 0.112. The summed E-state index contributed by atoms with van der Waals surface area (Å²) >= 11 is 0. The van der Waals surface area contributed by atoms with Gasteiger partial charge in [-0.1, -0.05) is 0 Å². The number of aromatic nitrogens is 1. The number of hydrogen-bond acceptors (Lipinski definition) is 3. The summed E-state index contributed by atoms with van der Waals surface area (Å²) in [6.45, 7) is 3.86. The van der Waals surface area contributed by atoms with Gasteiger partial charge in [0.25, 0.3) is 0 Å². The highest BCUT2D eigenvalue weighted by molar-refractivity contribution is 5.30. The minimum atomic E-state index is 0.112. The summed E-state index contributed by atoms with van der Waals surface area (Å²) in [6, 6.07) is 6.20. The molecule has 59 valence electrons. The van der Waals surface area contributed by atoms with Crippen molar-refractivity contribution in [2.75, 3.05) is 5.73 Å². The van der Waals surface area contributed by atoms with Gasteiger partial charge in [0.15, 0.2) is 0 Å². The van der Waals surface area contributed by atoms with Crippen LogP contribution in [-0.4, -0.2) is 11.1 Å². The number of nitrogen functional groups attached to an aromatic ring is 1. The summed E-state index contributed by atoms with van der Waals surface area (Å²) in [5, 5.41) is 0. The van der Waals surface area contributed by atoms with Gasteiger partial charge in [-0.3, -0.25) is 0 Å². The number of ether oxygens (including phenoxy) is 1. The fourth-order valence-corrected chi connectivity index (χ4v) is 0.669. The van der Waals surface area contributed by atoms with Crippen molar-refractivity contribution in [1.82, 2.24) is 4.98 Å². The molecule has 0 atom stereocenters. The Bertz CT molecular complexity index is 235. The molecule has 0 amide bonds. The van der Waals surface area contributed by atoms with E-state index >= 15 is 0 Å². The lowest BCUT2D eigenvalue weighted by Crippen LogP contribution is -2.07. The first kappa shape index (κ1) is 7.85. The quantitative estimate of drug-likeness (QED) is 0.692. The summed E-state index contributed by atoms with van der Waals surface area (Å²) < 4.78 is 5.25. The van der Waals surface area contributed by atoms with E-state index in [2.05, 4.69) is 11.1 Å². The van der Waals surface area contributed by atoms with E-state index < -0.39 is 0 Å². The monoisotopic (exact) mass is 151 g/mol. The van der Waals surface area contributed by atoms with Gasteiger partial charge < -0.3 is 10.5 Å². The van der Waals surface area contributed by atoms with Gasteiger partial charge in [0.1, 0.15) is 5.82 Å². The lowest BCUT2D eigenvalue weighted by molar-refractivity contribution is 0.232. The fraction of sp³-hybridized carbons (Fsp3) is 0.375. The summed E-state index contributed by atoms with van der Waals surface area (Å²) in [7, 11) is 0. The largest absolute Gasteiger partial charge is 0.474 e. The molecule has 0 saturated heterocycles. The van der Waals surface area contributed by atoms with Crippen molar-refractivity contribution in [2.45, 2.75) is 20.0 Å². The Morgan fingerprint density at radius 3 is 2.91 bits per heavy atom. The number of anilines is 1. The van der Waals surface area contributed by atoms with E-state index in [1.54, 1.807) is 12.1 Å². The Kier molecular flexibility index (Phi) is 2.31. The second-order valence-electron chi connectivity index (χ2n) is 2.49. The molecule has 11 heavy (non-hydrogen) atoms. The van der Waals surface area contributed by atoms with E-state index in [1.807, 2.05) is 13.8 Å². The molecule has 2 N–H and O–H groups in total. The Labute approximate surface area is 66.2 Å².